The third kappa shape index (κ3) is 10.2. The first-order chi connectivity index (χ1) is 10.2. The molecule has 1 nitrogen and oxygen atoms in total. The molecule has 1 aromatic rings. The minimum absolute atomic E-state index is 0.311. The molecule has 21 heavy (non-hydrogen) atoms. The van der Waals surface area contributed by atoms with Gasteiger partial charge in [-0.2, -0.15) is 0 Å². The number of hydrogen-bond acceptors (Lipinski definition) is 2. The van der Waals surface area contributed by atoms with Crippen LogP contribution in [-0.4, -0.2) is 11.8 Å². The number of halogens is 1. The number of thioether (sulfide) groups is 1. The van der Waals surface area contributed by atoms with E-state index in [2.05, 4.69) is 19.1 Å². The molecule has 1 atom stereocenters. The zero-order valence-electron chi connectivity index (χ0n) is 13.3. The molecule has 0 radical (unpaired) electrons. The lowest BCUT2D eigenvalue weighted by atomic mass is 10.1. The van der Waals surface area contributed by atoms with Gasteiger partial charge in [0.1, 0.15) is 0 Å². The Balaban J connectivity index is 1.96. The van der Waals surface area contributed by atoms with E-state index < -0.39 is 0 Å². The van der Waals surface area contributed by atoms with Gasteiger partial charge < -0.3 is 5.73 Å². The second kappa shape index (κ2) is 12.4. The van der Waals surface area contributed by atoms with Gasteiger partial charge in [0, 0.05) is 21.7 Å². The van der Waals surface area contributed by atoms with E-state index in [1.54, 1.807) is 0 Å². The lowest BCUT2D eigenvalue weighted by molar-refractivity contribution is 0.543. The zero-order valence-corrected chi connectivity index (χ0v) is 14.9. The van der Waals surface area contributed by atoms with Gasteiger partial charge in [-0.15, -0.1) is 11.8 Å². The highest BCUT2D eigenvalue weighted by molar-refractivity contribution is 7.99. The van der Waals surface area contributed by atoms with Gasteiger partial charge in [0.25, 0.3) is 0 Å². The van der Waals surface area contributed by atoms with Crippen LogP contribution < -0.4 is 5.73 Å². The summed E-state index contributed by atoms with van der Waals surface area (Å²) in [5.74, 6) is 0.998. The number of rotatable bonds is 12. The number of nitrogens with two attached hydrogens (primary N) is 1. The highest BCUT2D eigenvalue weighted by Gasteiger charge is 2.04. The topological polar surface area (TPSA) is 26.0 Å². The minimum Gasteiger partial charge on any atom is -0.327 e. The average Bonchev–Trinajstić information content (AvgIpc) is 2.49. The van der Waals surface area contributed by atoms with Crippen LogP contribution in [-0.2, 0) is 0 Å². The van der Waals surface area contributed by atoms with Crippen LogP contribution in [0.1, 0.15) is 64.7 Å². The maximum Gasteiger partial charge on any atom is 0.0406 e. The lowest BCUT2D eigenvalue weighted by Crippen LogP contribution is -2.22. The van der Waals surface area contributed by atoms with Gasteiger partial charge >= 0.3 is 0 Å². The van der Waals surface area contributed by atoms with Crippen molar-refractivity contribution in [3.63, 3.8) is 0 Å². The number of unbranched alkanes of at least 4 members (excludes halogenated alkanes) is 7. The first-order valence-electron chi connectivity index (χ1n) is 8.36. The van der Waals surface area contributed by atoms with Crippen LogP contribution in [0.25, 0.3) is 0 Å². The first kappa shape index (κ1) is 18.9. The van der Waals surface area contributed by atoms with E-state index in [-0.39, 0.29) is 0 Å². The van der Waals surface area contributed by atoms with Crippen molar-refractivity contribution in [1.29, 1.82) is 0 Å². The molecule has 120 valence electrons. The third-order valence-electron chi connectivity index (χ3n) is 3.71. The van der Waals surface area contributed by atoms with Crippen molar-refractivity contribution in [2.45, 2.75) is 75.6 Å². The van der Waals surface area contributed by atoms with E-state index in [0.717, 1.165) is 17.2 Å². The van der Waals surface area contributed by atoms with Gasteiger partial charge in [-0.25, -0.2) is 0 Å². The molecule has 1 rings (SSSR count). The molecule has 0 aliphatic heterocycles. The molecule has 1 aromatic carbocycles. The van der Waals surface area contributed by atoms with Crippen LogP contribution >= 0.6 is 23.4 Å². The fraction of sp³-hybridized carbons (Fsp3) is 0.667. The van der Waals surface area contributed by atoms with E-state index >= 15 is 0 Å². The summed E-state index contributed by atoms with van der Waals surface area (Å²) in [5, 5.41) is 0.794. The molecule has 1 unspecified atom stereocenters. The second-order valence-electron chi connectivity index (χ2n) is 5.79. The standard InChI is InChI=1S/C18H30ClNS/c1-2-3-4-5-6-7-8-9-10-17(20)15-21-18-13-11-16(19)12-14-18/h11-14,17H,2-10,15,20H2,1H3. The van der Waals surface area contributed by atoms with Crippen LogP contribution in [0.4, 0.5) is 0 Å². The Hall–Kier alpha value is -0.180. The summed E-state index contributed by atoms with van der Waals surface area (Å²) in [6, 6.07) is 8.32. The van der Waals surface area contributed by atoms with Crippen LogP contribution in [0.15, 0.2) is 29.2 Å². The largest absolute Gasteiger partial charge is 0.327 e. The summed E-state index contributed by atoms with van der Waals surface area (Å²) < 4.78 is 0. The molecule has 0 aliphatic carbocycles. The van der Waals surface area contributed by atoms with Gasteiger partial charge in [0.2, 0.25) is 0 Å². The predicted molar refractivity (Wildman–Crippen MR) is 97.4 cm³/mol. The molecule has 0 fully saturated rings. The fourth-order valence-corrected chi connectivity index (χ4v) is 3.39. The molecule has 0 bridgehead atoms. The highest BCUT2D eigenvalue weighted by atomic mass is 35.5. The van der Waals surface area contributed by atoms with E-state index in [4.69, 9.17) is 17.3 Å². The quantitative estimate of drug-likeness (QED) is 0.360. The van der Waals surface area contributed by atoms with Gasteiger partial charge in [-0.1, -0.05) is 69.9 Å². The van der Waals surface area contributed by atoms with E-state index in [1.165, 1.54) is 56.3 Å². The van der Waals surface area contributed by atoms with Crippen molar-refractivity contribution in [2.75, 3.05) is 5.75 Å². The Morgan fingerprint density at radius 2 is 1.52 bits per heavy atom. The predicted octanol–water partition coefficient (Wildman–Crippen LogP) is 6.29. The normalized spacial score (nSPS) is 12.5. The maximum absolute atomic E-state index is 6.18. The minimum atomic E-state index is 0.311. The summed E-state index contributed by atoms with van der Waals surface area (Å²) in [6.07, 6.45) is 12.1. The van der Waals surface area contributed by atoms with Crippen molar-refractivity contribution in [1.82, 2.24) is 0 Å². The fourth-order valence-electron chi connectivity index (χ4n) is 2.36. The summed E-state index contributed by atoms with van der Waals surface area (Å²) >= 11 is 7.71. The Bertz CT molecular complexity index is 353. The van der Waals surface area contributed by atoms with E-state index in [9.17, 15) is 0 Å². The molecular weight excluding hydrogens is 298 g/mol. The molecule has 0 saturated carbocycles. The van der Waals surface area contributed by atoms with Crippen molar-refractivity contribution in [3.05, 3.63) is 29.3 Å². The average molecular weight is 328 g/mol. The van der Waals surface area contributed by atoms with Gasteiger partial charge in [-0.3, -0.25) is 0 Å². The zero-order chi connectivity index (χ0) is 15.3. The van der Waals surface area contributed by atoms with Crippen LogP contribution in [0.5, 0.6) is 0 Å². The van der Waals surface area contributed by atoms with E-state index in [1.807, 2.05) is 23.9 Å². The third-order valence-corrected chi connectivity index (χ3v) is 5.16. The Kier molecular flexibility index (Phi) is 11.1. The van der Waals surface area contributed by atoms with Gasteiger partial charge in [0.05, 0.1) is 0 Å². The number of hydrogen-bond donors (Lipinski definition) is 1. The monoisotopic (exact) mass is 327 g/mol. The van der Waals surface area contributed by atoms with Crippen molar-refractivity contribution < 1.29 is 0 Å². The Labute approximate surface area is 140 Å². The van der Waals surface area contributed by atoms with Gasteiger partial charge in [0.15, 0.2) is 0 Å². The molecule has 0 aromatic heterocycles. The molecule has 3 heteroatoms. The van der Waals surface area contributed by atoms with Crippen LogP contribution in [0.3, 0.4) is 0 Å². The maximum atomic E-state index is 6.18. The molecule has 0 heterocycles. The van der Waals surface area contributed by atoms with Crippen LogP contribution in [0, 0.1) is 0 Å². The molecule has 0 spiro atoms. The first-order valence-corrected chi connectivity index (χ1v) is 9.72. The Morgan fingerprint density at radius 1 is 0.952 bits per heavy atom. The summed E-state index contributed by atoms with van der Waals surface area (Å²) in [7, 11) is 0. The molecule has 0 amide bonds. The van der Waals surface area contributed by atoms with Crippen molar-refractivity contribution in [3.8, 4) is 0 Å². The van der Waals surface area contributed by atoms with Crippen molar-refractivity contribution >= 4 is 23.4 Å². The van der Waals surface area contributed by atoms with Crippen molar-refractivity contribution in [2.24, 2.45) is 5.73 Å². The molecule has 2 N–H and O–H groups in total. The lowest BCUT2D eigenvalue weighted by Gasteiger charge is -2.11. The van der Waals surface area contributed by atoms with Gasteiger partial charge in [-0.05, 0) is 30.7 Å². The smallest absolute Gasteiger partial charge is 0.0406 e. The van der Waals surface area contributed by atoms with E-state index in [0.29, 0.717) is 6.04 Å². The molecule has 0 saturated heterocycles. The number of benzene rings is 1. The summed E-state index contributed by atoms with van der Waals surface area (Å²) in [5.41, 5.74) is 6.18. The highest BCUT2D eigenvalue weighted by Crippen LogP contribution is 2.21. The second-order valence-corrected chi connectivity index (χ2v) is 7.32. The summed E-state index contributed by atoms with van der Waals surface area (Å²) in [4.78, 5) is 1.26. The molecular formula is C18H30ClNS. The van der Waals surface area contributed by atoms with Crippen LogP contribution in [0.2, 0.25) is 5.02 Å². The molecule has 0 aliphatic rings. The Morgan fingerprint density at radius 3 is 2.14 bits per heavy atom. The SMILES string of the molecule is CCCCCCCCCCC(N)CSc1ccc(Cl)cc1. The summed E-state index contributed by atoms with van der Waals surface area (Å²) in [6.45, 7) is 2.27.